The first-order valence-electron chi connectivity index (χ1n) is 5.49. The topological polar surface area (TPSA) is 70.5 Å². The fourth-order valence-electron chi connectivity index (χ4n) is 1.54. The van der Waals surface area contributed by atoms with E-state index in [9.17, 15) is 0 Å². The van der Waals surface area contributed by atoms with Gasteiger partial charge in [-0.2, -0.15) is 0 Å². The summed E-state index contributed by atoms with van der Waals surface area (Å²) in [6.45, 7) is 3.13. The minimum absolute atomic E-state index is 0. The van der Waals surface area contributed by atoms with Gasteiger partial charge in [0.25, 0.3) is 0 Å². The lowest BCUT2D eigenvalue weighted by Crippen LogP contribution is -2.15. The average molecular weight is 261 g/mol. The molecule has 0 aromatic heterocycles. The van der Waals surface area contributed by atoms with E-state index in [1.54, 1.807) is 7.11 Å². The first kappa shape index (κ1) is 16.0. The summed E-state index contributed by atoms with van der Waals surface area (Å²) < 4.78 is 10.7. The Hall–Kier alpha value is -0.970. The smallest absolute Gasteiger partial charge is 0.161 e. The highest BCUT2D eigenvalue weighted by molar-refractivity contribution is 5.85. The molecule has 0 fully saturated rings. The van der Waals surface area contributed by atoms with Gasteiger partial charge < -0.3 is 20.9 Å². The summed E-state index contributed by atoms with van der Waals surface area (Å²) in [5, 5.41) is 0. The lowest BCUT2D eigenvalue weighted by atomic mass is 10.0. The van der Waals surface area contributed by atoms with E-state index in [4.69, 9.17) is 20.9 Å². The van der Waals surface area contributed by atoms with E-state index in [1.165, 1.54) is 0 Å². The van der Waals surface area contributed by atoms with E-state index in [2.05, 4.69) is 0 Å². The van der Waals surface area contributed by atoms with E-state index in [-0.39, 0.29) is 18.4 Å². The van der Waals surface area contributed by atoms with Crippen LogP contribution < -0.4 is 20.9 Å². The fourth-order valence-corrected chi connectivity index (χ4v) is 1.54. The van der Waals surface area contributed by atoms with Gasteiger partial charge in [0, 0.05) is 6.04 Å². The molecular formula is C12H21ClN2O2. The summed E-state index contributed by atoms with van der Waals surface area (Å²) >= 11 is 0. The first-order valence-corrected chi connectivity index (χ1v) is 5.49. The van der Waals surface area contributed by atoms with Gasteiger partial charge in [0.1, 0.15) is 0 Å². The lowest BCUT2D eigenvalue weighted by molar-refractivity contribution is 0.310. The summed E-state index contributed by atoms with van der Waals surface area (Å²) in [4.78, 5) is 0. The molecule has 0 aliphatic carbocycles. The van der Waals surface area contributed by atoms with Crippen molar-refractivity contribution in [2.24, 2.45) is 11.5 Å². The zero-order valence-electron chi connectivity index (χ0n) is 10.3. The molecule has 1 atom stereocenters. The Balaban J connectivity index is 0.00000256. The molecule has 17 heavy (non-hydrogen) atoms. The van der Waals surface area contributed by atoms with E-state index in [1.807, 2.05) is 25.1 Å². The number of hydrogen-bond donors (Lipinski definition) is 2. The highest BCUT2D eigenvalue weighted by Crippen LogP contribution is 2.30. The van der Waals surface area contributed by atoms with Crippen LogP contribution in [-0.4, -0.2) is 20.3 Å². The molecule has 5 heteroatoms. The third kappa shape index (κ3) is 4.42. The zero-order chi connectivity index (χ0) is 12.0. The molecule has 0 bridgehead atoms. The van der Waals surface area contributed by atoms with Crippen molar-refractivity contribution in [1.82, 2.24) is 0 Å². The predicted molar refractivity (Wildman–Crippen MR) is 72.0 cm³/mol. The van der Waals surface area contributed by atoms with Crippen LogP contribution in [0.2, 0.25) is 0 Å². The van der Waals surface area contributed by atoms with E-state index >= 15 is 0 Å². The van der Waals surface area contributed by atoms with Crippen LogP contribution in [0.4, 0.5) is 0 Å². The SMILES string of the molecule is CCOc1ccc([C@@H](N)CCN)cc1OC.Cl. The summed E-state index contributed by atoms with van der Waals surface area (Å²) in [5.74, 6) is 1.46. The summed E-state index contributed by atoms with van der Waals surface area (Å²) in [6, 6.07) is 5.70. The molecular weight excluding hydrogens is 240 g/mol. The van der Waals surface area contributed by atoms with Crippen LogP contribution in [-0.2, 0) is 0 Å². The maximum Gasteiger partial charge on any atom is 0.161 e. The van der Waals surface area contributed by atoms with Gasteiger partial charge in [-0.25, -0.2) is 0 Å². The lowest BCUT2D eigenvalue weighted by Gasteiger charge is -2.14. The van der Waals surface area contributed by atoms with Crippen LogP contribution in [0.5, 0.6) is 11.5 Å². The fraction of sp³-hybridized carbons (Fsp3) is 0.500. The van der Waals surface area contributed by atoms with Crippen LogP contribution >= 0.6 is 12.4 Å². The summed E-state index contributed by atoms with van der Waals surface area (Å²) in [6.07, 6.45) is 0.761. The standard InChI is InChI=1S/C12H20N2O2.ClH/c1-3-16-11-5-4-9(8-12(11)15-2)10(14)6-7-13;/h4-5,8,10H,3,6-7,13-14H2,1-2H3;1H/t10-;/m0./s1. The molecule has 1 aromatic carbocycles. The first-order chi connectivity index (χ1) is 7.72. The molecule has 0 unspecified atom stereocenters. The monoisotopic (exact) mass is 260 g/mol. The number of hydrogen-bond acceptors (Lipinski definition) is 4. The minimum atomic E-state index is -0.0467. The highest BCUT2D eigenvalue weighted by atomic mass is 35.5. The van der Waals surface area contributed by atoms with Gasteiger partial charge >= 0.3 is 0 Å². The van der Waals surface area contributed by atoms with Gasteiger partial charge in [0.2, 0.25) is 0 Å². The summed E-state index contributed by atoms with van der Waals surface area (Å²) in [7, 11) is 1.62. The minimum Gasteiger partial charge on any atom is -0.493 e. The van der Waals surface area contributed by atoms with Crippen LogP contribution in [0, 0.1) is 0 Å². The molecule has 0 aliphatic heterocycles. The van der Waals surface area contributed by atoms with Crippen molar-refractivity contribution >= 4 is 12.4 Å². The Kier molecular flexibility index (Phi) is 7.70. The van der Waals surface area contributed by atoms with Crippen LogP contribution in [0.3, 0.4) is 0 Å². The Bertz CT molecular complexity index is 334. The van der Waals surface area contributed by atoms with Gasteiger partial charge in [-0.05, 0) is 37.6 Å². The van der Waals surface area contributed by atoms with Crippen molar-refractivity contribution in [3.05, 3.63) is 23.8 Å². The second kappa shape index (κ2) is 8.17. The van der Waals surface area contributed by atoms with E-state index in [0.717, 1.165) is 17.7 Å². The largest absolute Gasteiger partial charge is 0.493 e. The number of rotatable bonds is 6. The third-order valence-corrected chi connectivity index (χ3v) is 2.39. The van der Waals surface area contributed by atoms with Gasteiger partial charge in [-0.3, -0.25) is 0 Å². The van der Waals surface area contributed by atoms with Gasteiger partial charge in [-0.15, -0.1) is 12.4 Å². The third-order valence-electron chi connectivity index (χ3n) is 2.39. The maximum absolute atomic E-state index is 5.98. The molecule has 1 aromatic rings. The quantitative estimate of drug-likeness (QED) is 0.819. The normalized spacial score (nSPS) is 11.5. The van der Waals surface area contributed by atoms with E-state index in [0.29, 0.717) is 18.9 Å². The van der Waals surface area contributed by atoms with Crippen LogP contribution in [0.15, 0.2) is 18.2 Å². The molecule has 0 heterocycles. The zero-order valence-corrected chi connectivity index (χ0v) is 11.1. The number of ether oxygens (including phenoxy) is 2. The van der Waals surface area contributed by atoms with Crippen LogP contribution in [0.25, 0.3) is 0 Å². The Morgan fingerprint density at radius 2 is 2.00 bits per heavy atom. The Labute approximate surface area is 109 Å². The Morgan fingerprint density at radius 1 is 1.29 bits per heavy atom. The van der Waals surface area contributed by atoms with Crippen molar-refractivity contribution in [3.63, 3.8) is 0 Å². The second-order valence-electron chi connectivity index (χ2n) is 3.53. The van der Waals surface area contributed by atoms with E-state index < -0.39 is 0 Å². The molecule has 4 nitrogen and oxygen atoms in total. The van der Waals surface area contributed by atoms with Crippen molar-refractivity contribution in [2.45, 2.75) is 19.4 Å². The molecule has 0 spiro atoms. The van der Waals surface area contributed by atoms with Crippen molar-refractivity contribution in [1.29, 1.82) is 0 Å². The van der Waals surface area contributed by atoms with Gasteiger partial charge in [-0.1, -0.05) is 6.07 Å². The molecule has 0 saturated carbocycles. The number of methoxy groups -OCH3 is 1. The van der Waals surface area contributed by atoms with Crippen molar-refractivity contribution in [3.8, 4) is 11.5 Å². The van der Waals surface area contributed by atoms with Crippen molar-refractivity contribution < 1.29 is 9.47 Å². The molecule has 0 amide bonds. The molecule has 0 aliphatic rings. The maximum atomic E-state index is 5.98. The van der Waals surface area contributed by atoms with Gasteiger partial charge in [0.15, 0.2) is 11.5 Å². The molecule has 4 N–H and O–H groups in total. The summed E-state index contributed by atoms with van der Waals surface area (Å²) in [5.41, 5.74) is 12.5. The number of halogens is 1. The molecule has 0 saturated heterocycles. The Morgan fingerprint density at radius 3 is 2.53 bits per heavy atom. The molecule has 1 rings (SSSR count). The van der Waals surface area contributed by atoms with Gasteiger partial charge in [0.05, 0.1) is 13.7 Å². The molecule has 98 valence electrons. The second-order valence-corrected chi connectivity index (χ2v) is 3.53. The van der Waals surface area contributed by atoms with Crippen molar-refractivity contribution in [2.75, 3.05) is 20.3 Å². The number of nitrogens with two attached hydrogens (primary N) is 2. The van der Waals surface area contributed by atoms with Crippen LogP contribution in [0.1, 0.15) is 24.9 Å². The number of benzene rings is 1. The molecule has 0 radical (unpaired) electrons. The average Bonchev–Trinajstić information content (AvgIpc) is 2.30. The highest BCUT2D eigenvalue weighted by Gasteiger charge is 2.09. The predicted octanol–water partition coefficient (Wildman–Crippen LogP) is 1.86.